The second-order valence-corrected chi connectivity index (χ2v) is 5.14. The average molecular weight is 249 g/mol. The van der Waals surface area contributed by atoms with Crippen LogP contribution in [0, 0.1) is 11.8 Å². The van der Waals surface area contributed by atoms with Crippen LogP contribution in [0.25, 0.3) is 0 Å². The van der Waals surface area contributed by atoms with Gasteiger partial charge >= 0.3 is 0 Å². The number of ether oxygens (including phenoxy) is 1. The van der Waals surface area contributed by atoms with Crippen LogP contribution in [-0.4, -0.2) is 18.4 Å². The molecule has 1 aromatic carbocycles. The van der Waals surface area contributed by atoms with Crippen LogP contribution in [0.5, 0.6) is 5.75 Å². The minimum Gasteiger partial charge on any atom is -0.491 e. The summed E-state index contributed by atoms with van der Waals surface area (Å²) in [7, 11) is 0. The van der Waals surface area contributed by atoms with Crippen LogP contribution in [-0.2, 0) is 0 Å². The van der Waals surface area contributed by atoms with Gasteiger partial charge in [-0.2, -0.15) is 0 Å². The number of carbonyl (C=O) groups is 1. The van der Waals surface area contributed by atoms with E-state index in [0.29, 0.717) is 12.1 Å². The summed E-state index contributed by atoms with van der Waals surface area (Å²) < 4.78 is 5.55. The summed E-state index contributed by atoms with van der Waals surface area (Å²) in [5, 5.41) is 0. The van der Waals surface area contributed by atoms with Gasteiger partial charge in [-0.1, -0.05) is 13.8 Å². The van der Waals surface area contributed by atoms with Crippen LogP contribution in [0.3, 0.4) is 0 Å². The van der Waals surface area contributed by atoms with Gasteiger partial charge in [0.25, 0.3) is 0 Å². The largest absolute Gasteiger partial charge is 0.491 e. The van der Waals surface area contributed by atoms with E-state index in [2.05, 4.69) is 0 Å². The van der Waals surface area contributed by atoms with Gasteiger partial charge in [0.2, 0.25) is 0 Å². The van der Waals surface area contributed by atoms with Crippen LogP contribution in [0.1, 0.15) is 38.1 Å². The van der Waals surface area contributed by atoms with Gasteiger partial charge in [-0.15, -0.1) is 0 Å². The molecule has 0 amide bonds. The Balaban J connectivity index is 2.81. The molecule has 0 heterocycles. The fraction of sp³-hybridized carbons (Fsp3) is 0.533. The van der Waals surface area contributed by atoms with E-state index in [1.165, 1.54) is 0 Å². The molecule has 0 saturated heterocycles. The zero-order chi connectivity index (χ0) is 13.7. The first-order valence-corrected chi connectivity index (χ1v) is 6.46. The fourth-order valence-electron chi connectivity index (χ4n) is 1.87. The molecular formula is C15H23NO2. The molecule has 1 atom stereocenters. The number of rotatable bonds is 6. The average Bonchev–Trinajstić information content (AvgIpc) is 2.29. The molecule has 0 saturated carbocycles. The summed E-state index contributed by atoms with van der Waals surface area (Å²) in [4.78, 5) is 12.2. The minimum atomic E-state index is -0.109. The summed E-state index contributed by atoms with van der Waals surface area (Å²) in [6.07, 6.45) is 0.138. The van der Waals surface area contributed by atoms with E-state index < -0.39 is 0 Å². The Labute approximate surface area is 109 Å². The lowest BCUT2D eigenvalue weighted by Gasteiger charge is -2.17. The highest BCUT2D eigenvalue weighted by Crippen LogP contribution is 2.19. The lowest BCUT2D eigenvalue weighted by molar-refractivity contribution is 0.0892. The van der Waals surface area contributed by atoms with Gasteiger partial charge in [0.1, 0.15) is 5.75 Å². The molecule has 3 heteroatoms. The van der Waals surface area contributed by atoms with Crippen LogP contribution >= 0.6 is 0 Å². The third-order valence-corrected chi connectivity index (χ3v) is 2.91. The van der Waals surface area contributed by atoms with E-state index >= 15 is 0 Å². The first-order valence-electron chi connectivity index (χ1n) is 6.46. The summed E-state index contributed by atoms with van der Waals surface area (Å²) >= 11 is 0. The number of hydrogen-bond donors (Lipinski definition) is 1. The highest BCUT2D eigenvalue weighted by atomic mass is 16.5. The molecule has 0 aromatic heterocycles. The van der Waals surface area contributed by atoms with E-state index in [4.69, 9.17) is 10.5 Å². The van der Waals surface area contributed by atoms with Gasteiger partial charge in [0.05, 0.1) is 6.10 Å². The van der Waals surface area contributed by atoms with Gasteiger partial charge in [0.15, 0.2) is 5.78 Å². The predicted molar refractivity (Wildman–Crippen MR) is 73.9 cm³/mol. The summed E-state index contributed by atoms with van der Waals surface area (Å²) in [6.45, 7) is 8.38. The maximum Gasteiger partial charge on any atom is 0.167 e. The number of ketones is 1. The summed E-state index contributed by atoms with van der Waals surface area (Å²) in [6, 6.07) is 7.29. The summed E-state index contributed by atoms with van der Waals surface area (Å²) in [5.41, 5.74) is 6.37. The van der Waals surface area contributed by atoms with E-state index in [-0.39, 0.29) is 23.7 Å². The number of carbonyl (C=O) groups excluding carboxylic acids is 1. The maximum absolute atomic E-state index is 12.2. The minimum absolute atomic E-state index is 0.109. The number of hydrogen-bond acceptors (Lipinski definition) is 3. The van der Waals surface area contributed by atoms with Crippen molar-refractivity contribution in [1.82, 2.24) is 0 Å². The van der Waals surface area contributed by atoms with Gasteiger partial charge in [-0.25, -0.2) is 0 Å². The predicted octanol–water partition coefficient (Wildman–Crippen LogP) is 2.89. The molecule has 0 radical (unpaired) electrons. The van der Waals surface area contributed by atoms with Gasteiger partial charge < -0.3 is 10.5 Å². The molecule has 1 aromatic rings. The Morgan fingerprint density at radius 3 is 2.11 bits per heavy atom. The lowest BCUT2D eigenvalue weighted by Crippen LogP contribution is -2.28. The maximum atomic E-state index is 12.2. The highest BCUT2D eigenvalue weighted by molar-refractivity contribution is 5.98. The van der Waals surface area contributed by atoms with Crippen LogP contribution in [0.2, 0.25) is 0 Å². The summed E-state index contributed by atoms with van der Waals surface area (Å²) in [5.74, 6) is 1.05. The van der Waals surface area contributed by atoms with Crippen molar-refractivity contribution in [2.45, 2.75) is 33.8 Å². The van der Waals surface area contributed by atoms with Crippen molar-refractivity contribution in [3.63, 3.8) is 0 Å². The molecule has 0 aliphatic rings. The molecular weight excluding hydrogens is 226 g/mol. The van der Waals surface area contributed by atoms with Crippen molar-refractivity contribution in [2.24, 2.45) is 17.6 Å². The monoisotopic (exact) mass is 249 g/mol. The first-order chi connectivity index (χ1) is 8.45. The Morgan fingerprint density at radius 1 is 1.17 bits per heavy atom. The fourth-order valence-corrected chi connectivity index (χ4v) is 1.87. The molecule has 18 heavy (non-hydrogen) atoms. The van der Waals surface area contributed by atoms with Crippen LogP contribution in [0.4, 0.5) is 0 Å². The molecule has 0 spiro atoms. The third kappa shape index (κ3) is 3.84. The molecule has 0 fully saturated rings. The Bertz CT molecular complexity index is 382. The Morgan fingerprint density at radius 2 is 1.72 bits per heavy atom. The van der Waals surface area contributed by atoms with E-state index in [1.54, 1.807) is 0 Å². The third-order valence-electron chi connectivity index (χ3n) is 2.91. The SMILES string of the molecule is CC(C)Oc1ccc(C(=O)C(CN)C(C)C)cc1. The normalized spacial score (nSPS) is 12.8. The number of nitrogens with two attached hydrogens (primary N) is 1. The number of Topliss-reactive ketones (excluding diaryl/α,β-unsaturated/α-hetero) is 1. The molecule has 1 rings (SSSR count). The van der Waals surface area contributed by atoms with Crippen molar-refractivity contribution in [1.29, 1.82) is 0 Å². The van der Waals surface area contributed by atoms with Crippen LogP contribution in [0.15, 0.2) is 24.3 Å². The molecule has 3 nitrogen and oxygen atoms in total. The van der Waals surface area contributed by atoms with Crippen molar-refractivity contribution < 1.29 is 9.53 Å². The van der Waals surface area contributed by atoms with Gasteiger partial charge in [-0.05, 0) is 44.0 Å². The highest BCUT2D eigenvalue weighted by Gasteiger charge is 2.21. The zero-order valence-corrected chi connectivity index (χ0v) is 11.6. The zero-order valence-electron chi connectivity index (χ0n) is 11.6. The van der Waals surface area contributed by atoms with Crippen molar-refractivity contribution in [2.75, 3.05) is 6.54 Å². The quantitative estimate of drug-likeness (QED) is 0.789. The molecule has 0 aliphatic heterocycles. The smallest absolute Gasteiger partial charge is 0.167 e. The van der Waals surface area contributed by atoms with Crippen molar-refractivity contribution in [3.05, 3.63) is 29.8 Å². The van der Waals surface area contributed by atoms with E-state index in [9.17, 15) is 4.79 Å². The second-order valence-electron chi connectivity index (χ2n) is 5.14. The van der Waals surface area contributed by atoms with Gasteiger partial charge in [0, 0.05) is 18.0 Å². The molecule has 100 valence electrons. The van der Waals surface area contributed by atoms with E-state index in [1.807, 2.05) is 52.0 Å². The first kappa shape index (κ1) is 14.7. The van der Waals surface area contributed by atoms with Crippen LogP contribution < -0.4 is 10.5 Å². The molecule has 0 aliphatic carbocycles. The molecule has 0 bridgehead atoms. The second kappa shape index (κ2) is 6.55. The lowest BCUT2D eigenvalue weighted by atomic mass is 9.88. The van der Waals surface area contributed by atoms with Crippen molar-refractivity contribution >= 4 is 5.78 Å². The Hall–Kier alpha value is -1.35. The number of benzene rings is 1. The molecule has 2 N–H and O–H groups in total. The van der Waals surface area contributed by atoms with E-state index in [0.717, 1.165) is 5.75 Å². The Kier molecular flexibility index (Phi) is 5.35. The topological polar surface area (TPSA) is 52.3 Å². The van der Waals surface area contributed by atoms with Crippen molar-refractivity contribution in [3.8, 4) is 5.75 Å². The van der Waals surface area contributed by atoms with Gasteiger partial charge in [-0.3, -0.25) is 4.79 Å². The standard InChI is InChI=1S/C15H23NO2/c1-10(2)14(9-16)15(17)12-5-7-13(8-6-12)18-11(3)4/h5-8,10-11,14H,9,16H2,1-4H3. The molecule has 1 unspecified atom stereocenters.